The van der Waals surface area contributed by atoms with Gasteiger partial charge in [-0.15, -0.1) is 11.3 Å². The second-order valence-electron chi connectivity index (χ2n) is 6.32. The number of imidazole rings is 1. The standard InChI is InChI=1S/C20H16N4O3S/c1-12-17(24(26)27)11-18(28-12)20(25)21-14-9-7-13(8-10-14)19-22-15-5-3-4-6-16(15)23(19)2/h3-11H,1-2H3,(H,21,25). The van der Waals surface area contributed by atoms with Gasteiger partial charge in [0.2, 0.25) is 0 Å². The summed E-state index contributed by atoms with van der Waals surface area (Å²) in [5.74, 6) is 0.472. The number of hydrogen-bond donors (Lipinski definition) is 1. The summed E-state index contributed by atoms with van der Waals surface area (Å²) < 4.78 is 2.02. The van der Waals surface area contributed by atoms with E-state index in [-0.39, 0.29) is 11.6 Å². The number of amides is 1. The fourth-order valence-corrected chi connectivity index (χ4v) is 3.95. The number of hydrogen-bond acceptors (Lipinski definition) is 5. The maximum atomic E-state index is 12.4. The number of carbonyl (C=O) groups excluding carboxylic acids is 1. The number of aryl methyl sites for hydroxylation is 2. The van der Waals surface area contributed by atoms with E-state index in [1.807, 2.05) is 48.0 Å². The third-order valence-electron chi connectivity index (χ3n) is 4.50. The minimum absolute atomic E-state index is 0.0349. The van der Waals surface area contributed by atoms with E-state index in [1.54, 1.807) is 19.1 Å². The van der Waals surface area contributed by atoms with Crippen LogP contribution in [-0.4, -0.2) is 20.4 Å². The first kappa shape index (κ1) is 17.9. The number of thiophene rings is 1. The molecule has 0 saturated heterocycles. The number of rotatable bonds is 4. The molecule has 4 aromatic rings. The Hall–Kier alpha value is -3.52. The summed E-state index contributed by atoms with van der Waals surface area (Å²) in [5.41, 5.74) is 3.48. The molecule has 2 heterocycles. The van der Waals surface area contributed by atoms with Gasteiger partial charge in [-0.1, -0.05) is 12.1 Å². The number of para-hydroxylation sites is 2. The number of carbonyl (C=O) groups is 1. The number of nitro groups is 1. The zero-order valence-corrected chi connectivity index (χ0v) is 16.0. The minimum Gasteiger partial charge on any atom is -0.327 e. The van der Waals surface area contributed by atoms with Crippen molar-refractivity contribution in [3.8, 4) is 11.4 Å². The molecule has 0 saturated carbocycles. The summed E-state index contributed by atoms with van der Waals surface area (Å²) >= 11 is 1.11. The molecular weight excluding hydrogens is 376 g/mol. The van der Waals surface area contributed by atoms with E-state index >= 15 is 0 Å². The first-order valence-corrected chi connectivity index (χ1v) is 9.34. The number of nitrogens with zero attached hydrogens (tertiary/aromatic N) is 3. The molecule has 1 amide bonds. The molecule has 0 radical (unpaired) electrons. The molecule has 4 rings (SSSR count). The van der Waals surface area contributed by atoms with Gasteiger partial charge < -0.3 is 9.88 Å². The Kier molecular flexibility index (Phi) is 4.40. The summed E-state index contributed by atoms with van der Waals surface area (Å²) in [5, 5.41) is 13.7. The van der Waals surface area contributed by atoms with Gasteiger partial charge >= 0.3 is 0 Å². The first-order chi connectivity index (χ1) is 13.4. The lowest BCUT2D eigenvalue weighted by atomic mass is 10.2. The zero-order chi connectivity index (χ0) is 19.8. The quantitative estimate of drug-likeness (QED) is 0.400. The van der Waals surface area contributed by atoms with E-state index in [4.69, 9.17) is 0 Å². The van der Waals surface area contributed by atoms with Gasteiger partial charge in [0.05, 0.1) is 25.7 Å². The highest BCUT2D eigenvalue weighted by Crippen LogP contribution is 2.29. The lowest BCUT2D eigenvalue weighted by Crippen LogP contribution is -2.10. The van der Waals surface area contributed by atoms with Gasteiger partial charge in [-0.25, -0.2) is 4.98 Å². The maximum absolute atomic E-state index is 12.4. The molecule has 1 N–H and O–H groups in total. The van der Waals surface area contributed by atoms with E-state index in [0.29, 0.717) is 15.4 Å². The van der Waals surface area contributed by atoms with Gasteiger partial charge in [-0.3, -0.25) is 14.9 Å². The largest absolute Gasteiger partial charge is 0.327 e. The van der Waals surface area contributed by atoms with Crippen LogP contribution in [0.2, 0.25) is 0 Å². The van der Waals surface area contributed by atoms with Crippen LogP contribution in [0.3, 0.4) is 0 Å². The molecule has 0 aliphatic carbocycles. The smallest absolute Gasteiger partial charge is 0.283 e. The fraction of sp³-hybridized carbons (Fsp3) is 0.100. The molecule has 2 aromatic heterocycles. The second kappa shape index (κ2) is 6.90. The zero-order valence-electron chi connectivity index (χ0n) is 15.2. The van der Waals surface area contributed by atoms with Crippen LogP contribution in [0.15, 0.2) is 54.6 Å². The van der Waals surface area contributed by atoms with Gasteiger partial charge in [-0.05, 0) is 43.3 Å². The Morgan fingerprint density at radius 2 is 1.89 bits per heavy atom. The number of nitrogens with one attached hydrogen (secondary N) is 1. The third kappa shape index (κ3) is 3.14. The normalized spacial score (nSPS) is 10.9. The van der Waals surface area contributed by atoms with Crippen LogP contribution in [0.25, 0.3) is 22.4 Å². The lowest BCUT2D eigenvalue weighted by Gasteiger charge is -2.06. The van der Waals surface area contributed by atoms with E-state index in [1.165, 1.54) is 6.07 Å². The topological polar surface area (TPSA) is 90.1 Å². The molecule has 0 bridgehead atoms. The van der Waals surface area contributed by atoms with Crippen LogP contribution in [0, 0.1) is 17.0 Å². The van der Waals surface area contributed by atoms with Crippen molar-refractivity contribution in [2.75, 3.05) is 5.32 Å². The average Bonchev–Trinajstić information content (AvgIpc) is 3.23. The van der Waals surface area contributed by atoms with E-state index in [9.17, 15) is 14.9 Å². The van der Waals surface area contributed by atoms with Crippen molar-refractivity contribution in [3.05, 3.63) is 74.5 Å². The highest BCUT2D eigenvalue weighted by Gasteiger charge is 2.19. The predicted molar refractivity (Wildman–Crippen MR) is 110 cm³/mol. The van der Waals surface area contributed by atoms with Crippen molar-refractivity contribution in [2.24, 2.45) is 7.05 Å². The predicted octanol–water partition coefficient (Wildman–Crippen LogP) is 4.77. The van der Waals surface area contributed by atoms with E-state index in [0.717, 1.165) is 33.8 Å². The minimum atomic E-state index is -0.478. The summed E-state index contributed by atoms with van der Waals surface area (Å²) in [4.78, 5) is 28.3. The SMILES string of the molecule is Cc1sc(C(=O)Nc2ccc(-c3nc4ccccc4n3C)cc2)cc1[N+](=O)[O-]. The van der Waals surface area contributed by atoms with E-state index < -0.39 is 4.92 Å². The Bertz CT molecular complexity index is 1210. The third-order valence-corrected chi connectivity index (χ3v) is 5.54. The molecule has 0 aliphatic heterocycles. The van der Waals surface area contributed by atoms with Crippen LogP contribution >= 0.6 is 11.3 Å². The van der Waals surface area contributed by atoms with Gasteiger partial charge in [0, 0.05) is 24.4 Å². The number of aromatic nitrogens is 2. The van der Waals surface area contributed by atoms with Gasteiger partial charge in [-0.2, -0.15) is 0 Å². The molecule has 0 aliphatic rings. The van der Waals surface area contributed by atoms with Gasteiger partial charge in [0.15, 0.2) is 0 Å². The average molecular weight is 392 g/mol. The van der Waals surface area contributed by atoms with Crippen LogP contribution in [0.5, 0.6) is 0 Å². The summed E-state index contributed by atoms with van der Waals surface area (Å²) in [7, 11) is 1.96. The Morgan fingerprint density at radius 3 is 2.54 bits per heavy atom. The molecule has 0 atom stereocenters. The Labute approximate surface area is 164 Å². The Morgan fingerprint density at radius 1 is 1.18 bits per heavy atom. The van der Waals surface area contributed by atoms with Crippen molar-refractivity contribution >= 4 is 39.7 Å². The highest BCUT2D eigenvalue weighted by atomic mass is 32.1. The lowest BCUT2D eigenvalue weighted by molar-refractivity contribution is -0.385. The van der Waals surface area contributed by atoms with Crippen LogP contribution in [-0.2, 0) is 7.05 Å². The molecule has 8 heteroatoms. The molecule has 0 fully saturated rings. The summed E-state index contributed by atoms with van der Waals surface area (Å²) in [6, 6.07) is 16.6. The molecule has 0 spiro atoms. The van der Waals surface area contributed by atoms with Crippen molar-refractivity contribution in [1.82, 2.24) is 9.55 Å². The van der Waals surface area contributed by atoms with Crippen LogP contribution in [0.4, 0.5) is 11.4 Å². The van der Waals surface area contributed by atoms with Crippen molar-refractivity contribution < 1.29 is 9.72 Å². The van der Waals surface area contributed by atoms with Crippen molar-refractivity contribution in [2.45, 2.75) is 6.92 Å². The monoisotopic (exact) mass is 392 g/mol. The molecular formula is C20H16N4O3S. The molecule has 140 valence electrons. The van der Waals surface area contributed by atoms with E-state index in [2.05, 4.69) is 10.3 Å². The number of benzene rings is 2. The van der Waals surface area contributed by atoms with Crippen molar-refractivity contribution in [3.63, 3.8) is 0 Å². The highest BCUT2D eigenvalue weighted by molar-refractivity contribution is 7.14. The second-order valence-corrected chi connectivity index (χ2v) is 7.58. The van der Waals surface area contributed by atoms with Gasteiger partial charge in [0.1, 0.15) is 5.82 Å². The fourth-order valence-electron chi connectivity index (χ4n) is 3.06. The van der Waals surface area contributed by atoms with Crippen LogP contribution < -0.4 is 5.32 Å². The molecule has 0 unspecified atom stereocenters. The molecule has 7 nitrogen and oxygen atoms in total. The molecule has 28 heavy (non-hydrogen) atoms. The summed E-state index contributed by atoms with van der Waals surface area (Å²) in [6.45, 7) is 1.63. The number of fused-ring (bicyclic) bond motifs is 1. The first-order valence-electron chi connectivity index (χ1n) is 8.52. The Balaban J connectivity index is 1.56. The number of anilines is 1. The maximum Gasteiger partial charge on any atom is 0.283 e. The van der Waals surface area contributed by atoms with Crippen LogP contribution in [0.1, 0.15) is 14.5 Å². The summed E-state index contributed by atoms with van der Waals surface area (Å²) in [6.07, 6.45) is 0. The molecule has 2 aromatic carbocycles. The van der Waals surface area contributed by atoms with Crippen molar-refractivity contribution in [1.29, 1.82) is 0 Å². The van der Waals surface area contributed by atoms with Gasteiger partial charge in [0.25, 0.3) is 11.6 Å².